The van der Waals surface area contributed by atoms with Gasteiger partial charge in [0.1, 0.15) is 0 Å². The summed E-state index contributed by atoms with van der Waals surface area (Å²) in [5.74, 6) is -0.0438. The van der Waals surface area contributed by atoms with E-state index in [0.717, 1.165) is 57.8 Å². The molecule has 0 fully saturated rings. The molecule has 0 bridgehead atoms. The number of carbonyl (C=O) groups is 1. The number of carbonyl (C=O) groups excluding carboxylic acids is 1. The van der Waals surface area contributed by atoms with Crippen molar-refractivity contribution < 1.29 is 15.0 Å². The first-order chi connectivity index (χ1) is 22.7. The summed E-state index contributed by atoms with van der Waals surface area (Å²) in [4.78, 5) is 12.3. The van der Waals surface area contributed by atoms with Gasteiger partial charge in [0.25, 0.3) is 0 Å². The van der Waals surface area contributed by atoms with Gasteiger partial charge in [-0.15, -0.1) is 0 Å². The topological polar surface area (TPSA) is 69.6 Å². The first kappa shape index (κ1) is 44.1. The van der Waals surface area contributed by atoms with Crippen molar-refractivity contribution in [2.24, 2.45) is 0 Å². The average Bonchev–Trinajstić information content (AvgIpc) is 3.06. The predicted molar refractivity (Wildman–Crippen MR) is 202 cm³/mol. The standard InChI is InChI=1S/C42H75NO3/c1-3-5-7-9-11-13-14-15-16-17-18-19-20-21-22-23-24-25-26-27-28-30-32-34-36-38-42(46)43-40(39-44)41(45)37-35-33-31-29-12-10-8-6-4-2/h5,7,11,13,15-16,18-19,21-22,40-41,44-45H,3-4,6,8-10,12,14,17,20,23-39H2,1-2H3,(H,43,46)/b7-5-,13-11-,16-15-,19-18-,22-21-. The summed E-state index contributed by atoms with van der Waals surface area (Å²) in [6.45, 7) is 4.21. The fraction of sp³-hybridized carbons (Fsp3) is 0.738. The molecule has 0 aromatic rings. The minimum atomic E-state index is -0.661. The van der Waals surface area contributed by atoms with Gasteiger partial charge < -0.3 is 15.5 Å². The smallest absolute Gasteiger partial charge is 0.220 e. The molecular weight excluding hydrogens is 566 g/mol. The van der Waals surface area contributed by atoms with E-state index < -0.39 is 12.1 Å². The van der Waals surface area contributed by atoms with Crippen molar-refractivity contribution in [2.75, 3.05) is 6.61 Å². The Morgan fingerprint density at radius 1 is 0.543 bits per heavy atom. The number of aliphatic hydroxyl groups is 2. The van der Waals surface area contributed by atoms with Crippen LogP contribution in [0, 0.1) is 0 Å². The quantitative estimate of drug-likeness (QED) is 0.0483. The van der Waals surface area contributed by atoms with Gasteiger partial charge >= 0.3 is 0 Å². The Morgan fingerprint density at radius 2 is 0.957 bits per heavy atom. The van der Waals surface area contributed by atoms with Crippen molar-refractivity contribution in [2.45, 2.75) is 193 Å². The maximum absolute atomic E-state index is 12.3. The van der Waals surface area contributed by atoms with Crippen LogP contribution in [0.4, 0.5) is 0 Å². The summed E-state index contributed by atoms with van der Waals surface area (Å²) >= 11 is 0. The fourth-order valence-corrected chi connectivity index (χ4v) is 5.56. The van der Waals surface area contributed by atoms with Crippen molar-refractivity contribution >= 4 is 5.91 Å². The highest BCUT2D eigenvalue weighted by Gasteiger charge is 2.19. The van der Waals surface area contributed by atoms with Crippen molar-refractivity contribution in [3.63, 3.8) is 0 Å². The second-order valence-corrected chi connectivity index (χ2v) is 13.0. The number of hydrogen-bond acceptors (Lipinski definition) is 3. The van der Waals surface area contributed by atoms with Gasteiger partial charge in [0.15, 0.2) is 0 Å². The number of unbranched alkanes of at least 4 members (excludes halogenated alkanes) is 17. The molecule has 3 N–H and O–H groups in total. The second kappa shape index (κ2) is 37.5. The van der Waals surface area contributed by atoms with Gasteiger partial charge in [0.05, 0.1) is 18.8 Å². The zero-order valence-corrected chi connectivity index (χ0v) is 30.3. The summed E-state index contributed by atoms with van der Waals surface area (Å²) in [5.41, 5.74) is 0. The third kappa shape index (κ3) is 33.5. The lowest BCUT2D eigenvalue weighted by Gasteiger charge is -2.22. The van der Waals surface area contributed by atoms with Gasteiger partial charge in [0, 0.05) is 6.42 Å². The SMILES string of the molecule is CC/C=C\C/C=C\C/C=C\C/C=C\C/C=C\CCCCCCCCCCCC(=O)NC(CO)C(O)CCCCCCCCCCC. The van der Waals surface area contributed by atoms with Gasteiger partial charge in [-0.1, -0.05) is 177 Å². The molecular formula is C42H75NO3. The van der Waals surface area contributed by atoms with E-state index in [4.69, 9.17) is 0 Å². The van der Waals surface area contributed by atoms with Gasteiger partial charge in [-0.05, 0) is 57.8 Å². The molecule has 46 heavy (non-hydrogen) atoms. The van der Waals surface area contributed by atoms with Gasteiger partial charge in [-0.2, -0.15) is 0 Å². The molecule has 4 nitrogen and oxygen atoms in total. The summed E-state index contributed by atoms with van der Waals surface area (Å²) in [7, 11) is 0. The first-order valence-corrected chi connectivity index (χ1v) is 19.5. The molecule has 0 spiro atoms. The van der Waals surface area contributed by atoms with E-state index in [9.17, 15) is 15.0 Å². The molecule has 0 aliphatic heterocycles. The number of allylic oxidation sites excluding steroid dienone is 10. The van der Waals surface area contributed by atoms with Crippen LogP contribution in [0.3, 0.4) is 0 Å². The molecule has 0 radical (unpaired) electrons. The Labute approximate surface area is 286 Å². The third-order valence-corrected chi connectivity index (χ3v) is 8.54. The van der Waals surface area contributed by atoms with E-state index >= 15 is 0 Å². The zero-order chi connectivity index (χ0) is 33.6. The van der Waals surface area contributed by atoms with E-state index in [-0.39, 0.29) is 12.5 Å². The predicted octanol–water partition coefficient (Wildman–Crippen LogP) is 11.8. The van der Waals surface area contributed by atoms with Crippen LogP contribution in [-0.2, 0) is 4.79 Å². The molecule has 2 unspecified atom stereocenters. The largest absolute Gasteiger partial charge is 0.394 e. The maximum Gasteiger partial charge on any atom is 0.220 e. The Bertz CT molecular complexity index is 782. The molecule has 2 atom stereocenters. The molecule has 4 heteroatoms. The van der Waals surface area contributed by atoms with Crippen molar-refractivity contribution in [3.05, 3.63) is 60.8 Å². The monoisotopic (exact) mass is 642 g/mol. The number of aliphatic hydroxyl groups excluding tert-OH is 2. The molecule has 0 aromatic heterocycles. The highest BCUT2D eigenvalue weighted by Crippen LogP contribution is 2.14. The molecule has 0 heterocycles. The van der Waals surface area contributed by atoms with E-state index in [0.29, 0.717) is 12.8 Å². The summed E-state index contributed by atoms with van der Waals surface area (Å²) < 4.78 is 0. The number of nitrogens with one attached hydrogen (secondary N) is 1. The van der Waals surface area contributed by atoms with E-state index in [2.05, 4.69) is 79.9 Å². The summed E-state index contributed by atoms with van der Waals surface area (Å²) in [6, 6.07) is -0.539. The minimum absolute atomic E-state index is 0.0438. The van der Waals surface area contributed by atoms with Crippen LogP contribution in [-0.4, -0.2) is 34.9 Å². The van der Waals surface area contributed by atoms with Gasteiger partial charge in [-0.25, -0.2) is 0 Å². The molecule has 1 amide bonds. The maximum atomic E-state index is 12.3. The summed E-state index contributed by atoms with van der Waals surface area (Å²) in [6.07, 6.45) is 51.4. The molecule has 0 rings (SSSR count). The molecule has 0 aliphatic carbocycles. The Balaban J connectivity index is 3.57. The van der Waals surface area contributed by atoms with Crippen LogP contribution in [0.1, 0.15) is 181 Å². The lowest BCUT2D eigenvalue weighted by atomic mass is 10.0. The van der Waals surface area contributed by atoms with Crippen LogP contribution in [0.2, 0.25) is 0 Å². The van der Waals surface area contributed by atoms with Crippen LogP contribution in [0.25, 0.3) is 0 Å². The molecule has 266 valence electrons. The Hall–Kier alpha value is -1.91. The zero-order valence-electron chi connectivity index (χ0n) is 30.3. The third-order valence-electron chi connectivity index (χ3n) is 8.54. The lowest BCUT2D eigenvalue weighted by Crippen LogP contribution is -2.45. The fourth-order valence-electron chi connectivity index (χ4n) is 5.56. The number of hydrogen-bond donors (Lipinski definition) is 3. The van der Waals surface area contributed by atoms with E-state index in [1.807, 2.05) is 0 Å². The van der Waals surface area contributed by atoms with Gasteiger partial charge in [0.2, 0.25) is 5.91 Å². The molecule has 0 saturated heterocycles. The molecule has 0 aliphatic rings. The van der Waals surface area contributed by atoms with Crippen LogP contribution < -0.4 is 5.32 Å². The highest BCUT2D eigenvalue weighted by atomic mass is 16.3. The van der Waals surface area contributed by atoms with Crippen LogP contribution in [0.15, 0.2) is 60.8 Å². The van der Waals surface area contributed by atoms with E-state index in [1.165, 1.54) is 96.3 Å². The van der Waals surface area contributed by atoms with Crippen molar-refractivity contribution in [1.29, 1.82) is 0 Å². The summed E-state index contributed by atoms with van der Waals surface area (Å²) in [5, 5.41) is 23.0. The Morgan fingerprint density at radius 3 is 1.43 bits per heavy atom. The Kier molecular flexibility index (Phi) is 36.0. The number of rotatable bonds is 34. The first-order valence-electron chi connectivity index (χ1n) is 19.5. The number of amides is 1. The minimum Gasteiger partial charge on any atom is -0.394 e. The molecule has 0 saturated carbocycles. The van der Waals surface area contributed by atoms with E-state index in [1.54, 1.807) is 0 Å². The normalized spacial score (nSPS) is 13.7. The van der Waals surface area contributed by atoms with Crippen LogP contribution in [0.5, 0.6) is 0 Å². The highest BCUT2D eigenvalue weighted by molar-refractivity contribution is 5.76. The van der Waals surface area contributed by atoms with Crippen molar-refractivity contribution in [1.82, 2.24) is 5.32 Å². The lowest BCUT2D eigenvalue weighted by molar-refractivity contribution is -0.123. The molecule has 0 aromatic carbocycles. The average molecular weight is 642 g/mol. The van der Waals surface area contributed by atoms with Gasteiger partial charge in [-0.3, -0.25) is 4.79 Å². The second-order valence-electron chi connectivity index (χ2n) is 13.0. The van der Waals surface area contributed by atoms with Crippen molar-refractivity contribution in [3.8, 4) is 0 Å². The van der Waals surface area contributed by atoms with Crippen LogP contribution >= 0.6 is 0 Å².